The average molecular weight is 132 g/mol. The summed E-state index contributed by atoms with van der Waals surface area (Å²) in [5.41, 5.74) is 0. The number of aliphatic hydroxyl groups excluding tert-OH is 2. The number of hydrogen-bond acceptors (Lipinski definition) is 3. The Labute approximate surface area is 54.3 Å². The topological polar surface area (TPSA) is 49.7 Å². The molecule has 9 heavy (non-hydrogen) atoms. The minimum Gasteiger partial charge on any atom is -0.394 e. The number of ether oxygens (including phenoxy) is 1. The van der Waals surface area contributed by atoms with Crippen molar-refractivity contribution in [1.29, 1.82) is 0 Å². The van der Waals surface area contributed by atoms with Crippen molar-refractivity contribution in [2.75, 3.05) is 13.2 Å². The largest absolute Gasteiger partial charge is 0.394 e. The highest BCUT2D eigenvalue weighted by atomic mass is 16.5. The van der Waals surface area contributed by atoms with Gasteiger partial charge in [0.25, 0.3) is 0 Å². The highest BCUT2D eigenvalue weighted by Crippen LogP contribution is 2.12. The highest BCUT2D eigenvalue weighted by Gasteiger charge is 2.22. The van der Waals surface area contributed by atoms with Crippen LogP contribution in [0.15, 0.2) is 0 Å². The first kappa shape index (κ1) is 6.99. The second-order valence-corrected chi connectivity index (χ2v) is 2.30. The lowest BCUT2D eigenvalue weighted by Crippen LogP contribution is -2.36. The van der Waals surface area contributed by atoms with Crippen molar-refractivity contribution >= 4 is 0 Å². The summed E-state index contributed by atoms with van der Waals surface area (Å²) in [5, 5.41) is 17.7. The van der Waals surface area contributed by atoms with Crippen LogP contribution in [-0.4, -0.2) is 35.6 Å². The first-order valence-corrected chi connectivity index (χ1v) is 3.25. The molecule has 0 aromatic heterocycles. The molecule has 54 valence electrons. The van der Waals surface area contributed by atoms with Crippen molar-refractivity contribution in [1.82, 2.24) is 0 Å². The van der Waals surface area contributed by atoms with Gasteiger partial charge < -0.3 is 14.9 Å². The lowest BCUT2D eigenvalue weighted by Gasteiger charge is -2.25. The van der Waals surface area contributed by atoms with Gasteiger partial charge in [0.05, 0.1) is 12.7 Å². The standard InChI is InChI=1S/C6H12O3/c7-4-6-5(8)2-1-3-9-6/h5-8H,1-4H2/t5-,6?/m0/s1. The number of hydrogen-bond donors (Lipinski definition) is 2. The Hall–Kier alpha value is -0.120. The second-order valence-electron chi connectivity index (χ2n) is 2.30. The SMILES string of the molecule is OCC1OCCC[C@@H]1O. The molecule has 3 nitrogen and oxygen atoms in total. The van der Waals surface area contributed by atoms with Crippen molar-refractivity contribution in [3.63, 3.8) is 0 Å². The predicted molar refractivity (Wildman–Crippen MR) is 32.1 cm³/mol. The molecule has 0 aromatic carbocycles. The maximum atomic E-state index is 9.08. The smallest absolute Gasteiger partial charge is 0.106 e. The van der Waals surface area contributed by atoms with E-state index < -0.39 is 6.10 Å². The molecule has 1 aliphatic rings. The average Bonchev–Trinajstić information content (AvgIpc) is 1.89. The Morgan fingerprint density at radius 3 is 2.78 bits per heavy atom. The van der Waals surface area contributed by atoms with Crippen LogP contribution in [0.5, 0.6) is 0 Å². The van der Waals surface area contributed by atoms with Crippen LogP contribution in [0.2, 0.25) is 0 Å². The summed E-state index contributed by atoms with van der Waals surface area (Å²) < 4.78 is 5.04. The van der Waals surface area contributed by atoms with Crippen LogP contribution < -0.4 is 0 Å². The molecule has 0 radical (unpaired) electrons. The Morgan fingerprint density at radius 1 is 1.56 bits per heavy atom. The van der Waals surface area contributed by atoms with Gasteiger partial charge in [0.2, 0.25) is 0 Å². The summed E-state index contributed by atoms with van der Waals surface area (Å²) in [6.07, 6.45) is 0.866. The maximum Gasteiger partial charge on any atom is 0.106 e. The Balaban J connectivity index is 2.30. The van der Waals surface area contributed by atoms with Crippen LogP contribution in [0, 0.1) is 0 Å². The van der Waals surface area contributed by atoms with Gasteiger partial charge in [-0.2, -0.15) is 0 Å². The molecular formula is C6H12O3. The van der Waals surface area contributed by atoms with Crippen LogP contribution in [0.25, 0.3) is 0 Å². The molecule has 0 bridgehead atoms. The van der Waals surface area contributed by atoms with E-state index in [2.05, 4.69) is 0 Å². The van der Waals surface area contributed by atoms with Gasteiger partial charge >= 0.3 is 0 Å². The fraction of sp³-hybridized carbons (Fsp3) is 1.00. The summed E-state index contributed by atoms with van der Waals surface area (Å²) >= 11 is 0. The van der Waals surface area contributed by atoms with Crippen LogP contribution in [0.3, 0.4) is 0 Å². The van der Waals surface area contributed by atoms with Crippen molar-refractivity contribution < 1.29 is 14.9 Å². The Morgan fingerprint density at radius 2 is 2.33 bits per heavy atom. The summed E-state index contributed by atoms with van der Waals surface area (Å²) in [6, 6.07) is 0. The summed E-state index contributed by atoms with van der Waals surface area (Å²) in [6.45, 7) is 0.601. The van der Waals surface area contributed by atoms with E-state index in [1.165, 1.54) is 0 Å². The van der Waals surface area contributed by atoms with Crippen molar-refractivity contribution in [2.24, 2.45) is 0 Å². The van der Waals surface area contributed by atoms with E-state index in [0.29, 0.717) is 6.61 Å². The molecule has 2 atom stereocenters. The summed E-state index contributed by atoms with van der Waals surface area (Å²) in [7, 11) is 0. The molecular weight excluding hydrogens is 120 g/mol. The van der Waals surface area contributed by atoms with Crippen LogP contribution >= 0.6 is 0 Å². The van der Waals surface area contributed by atoms with Crippen molar-refractivity contribution in [2.45, 2.75) is 25.0 Å². The molecule has 1 heterocycles. The van der Waals surface area contributed by atoms with Gasteiger partial charge in [-0.3, -0.25) is 0 Å². The molecule has 0 amide bonds. The van der Waals surface area contributed by atoms with Crippen molar-refractivity contribution in [3.05, 3.63) is 0 Å². The fourth-order valence-electron chi connectivity index (χ4n) is 0.999. The molecule has 1 saturated heterocycles. The maximum absolute atomic E-state index is 9.08. The van der Waals surface area contributed by atoms with Crippen LogP contribution in [-0.2, 0) is 4.74 Å². The minimum atomic E-state index is -0.455. The molecule has 0 aliphatic carbocycles. The van der Waals surface area contributed by atoms with Gasteiger partial charge in [0.15, 0.2) is 0 Å². The molecule has 1 aliphatic heterocycles. The number of rotatable bonds is 1. The highest BCUT2D eigenvalue weighted by molar-refractivity contribution is 4.71. The molecule has 1 unspecified atom stereocenters. The van der Waals surface area contributed by atoms with E-state index >= 15 is 0 Å². The van der Waals surface area contributed by atoms with Gasteiger partial charge in [0, 0.05) is 6.61 Å². The third kappa shape index (κ3) is 1.64. The lowest BCUT2D eigenvalue weighted by atomic mass is 10.1. The van der Waals surface area contributed by atoms with Gasteiger partial charge in [0.1, 0.15) is 6.10 Å². The molecule has 0 spiro atoms. The van der Waals surface area contributed by atoms with E-state index in [0.717, 1.165) is 12.8 Å². The fourth-order valence-corrected chi connectivity index (χ4v) is 0.999. The molecule has 1 rings (SSSR count). The third-order valence-corrected chi connectivity index (χ3v) is 1.59. The first-order valence-electron chi connectivity index (χ1n) is 3.25. The van der Waals surface area contributed by atoms with Gasteiger partial charge in [-0.25, -0.2) is 0 Å². The second kappa shape index (κ2) is 3.15. The van der Waals surface area contributed by atoms with E-state index in [1.54, 1.807) is 0 Å². The Bertz CT molecular complexity index is 84.4. The van der Waals surface area contributed by atoms with E-state index in [1.807, 2.05) is 0 Å². The minimum absolute atomic E-state index is 0.0683. The van der Waals surface area contributed by atoms with E-state index in [-0.39, 0.29) is 12.7 Å². The summed E-state index contributed by atoms with van der Waals surface area (Å²) in [5.74, 6) is 0. The van der Waals surface area contributed by atoms with Crippen LogP contribution in [0.4, 0.5) is 0 Å². The molecule has 3 heteroatoms. The molecule has 1 fully saturated rings. The van der Waals surface area contributed by atoms with Gasteiger partial charge in [-0.15, -0.1) is 0 Å². The number of aliphatic hydroxyl groups is 2. The van der Waals surface area contributed by atoms with E-state index in [9.17, 15) is 0 Å². The zero-order chi connectivity index (χ0) is 6.69. The zero-order valence-corrected chi connectivity index (χ0v) is 5.29. The lowest BCUT2D eigenvalue weighted by molar-refractivity contribution is -0.0942. The third-order valence-electron chi connectivity index (χ3n) is 1.59. The van der Waals surface area contributed by atoms with Gasteiger partial charge in [-0.1, -0.05) is 0 Å². The van der Waals surface area contributed by atoms with Crippen molar-refractivity contribution in [3.8, 4) is 0 Å². The van der Waals surface area contributed by atoms with E-state index in [4.69, 9.17) is 14.9 Å². The Kier molecular flexibility index (Phi) is 2.45. The van der Waals surface area contributed by atoms with Crippen LogP contribution in [0.1, 0.15) is 12.8 Å². The normalized spacial score (nSPS) is 36.7. The molecule has 2 N–H and O–H groups in total. The molecule has 0 saturated carbocycles. The van der Waals surface area contributed by atoms with Gasteiger partial charge in [-0.05, 0) is 12.8 Å². The predicted octanol–water partition coefficient (Wildman–Crippen LogP) is -0.481. The monoisotopic (exact) mass is 132 g/mol. The summed E-state index contributed by atoms with van der Waals surface area (Å²) in [4.78, 5) is 0. The molecule has 0 aromatic rings. The quantitative estimate of drug-likeness (QED) is 0.506. The zero-order valence-electron chi connectivity index (χ0n) is 5.29. The first-order chi connectivity index (χ1) is 4.34.